The van der Waals surface area contributed by atoms with Gasteiger partial charge in [-0.1, -0.05) is 36.8 Å². The molecule has 1 aromatic carbocycles. The number of aliphatic hydroxyl groups is 1. The van der Waals surface area contributed by atoms with E-state index in [-0.39, 0.29) is 46.6 Å². The lowest BCUT2D eigenvalue weighted by Crippen LogP contribution is -2.62. The fourth-order valence-corrected chi connectivity index (χ4v) is 8.69. The van der Waals surface area contributed by atoms with E-state index in [1.807, 2.05) is 30.3 Å². The number of hydrogen-bond donors (Lipinski definition) is 1. The molecule has 4 aliphatic carbocycles. The Bertz CT molecular complexity index is 1220. The molecule has 3 saturated carbocycles. The molecule has 2 heterocycles. The van der Waals surface area contributed by atoms with E-state index >= 15 is 0 Å². The molecule has 176 valence electrons. The smallest absolute Gasteiger partial charge is 0.217 e. The number of aliphatic imine (C=N–C) groups is 1. The number of Topliss-reactive ketones (excluding diaryl/α,β-unsaturated/α-hetero) is 1. The molecule has 1 aromatic rings. The van der Waals surface area contributed by atoms with Crippen molar-refractivity contribution in [2.45, 2.75) is 62.9 Å². The third-order valence-corrected chi connectivity index (χ3v) is 10.2. The highest BCUT2D eigenvalue weighted by Crippen LogP contribution is 2.76. The number of allylic oxidation sites excluding steroid dienone is 2. The van der Waals surface area contributed by atoms with Gasteiger partial charge in [-0.05, 0) is 68.7 Å². The number of ketones is 2. The lowest BCUT2D eigenvalue weighted by molar-refractivity contribution is -0.135. The Kier molecular flexibility index (Phi) is 3.88. The fraction of sp³-hybridized carbons (Fsp3) is 0.536. The standard InChI is InChI=1S/C28H29NO5/c1-25-11-10-18(31)12-17(25)8-9-19-20-13-22-27(21(32)15-30,26(20,2)14-23-28(19,25)34-23)29-24(33-22)16-6-4-3-5-7-16/h3-7,10-12,19-20,22-23,30H,8-9,13-15H2,1-2H3. The second-order valence-electron chi connectivity index (χ2n) is 11.4. The van der Waals surface area contributed by atoms with Crippen molar-refractivity contribution in [3.05, 3.63) is 59.7 Å². The van der Waals surface area contributed by atoms with Crippen LogP contribution in [0.1, 0.15) is 45.1 Å². The molecule has 6 heteroatoms. The maximum Gasteiger partial charge on any atom is 0.217 e. The van der Waals surface area contributed by atoms with Gasteiger partial charge >= 0.3 is 0 Å². The third kappa shape index (κ3) is 2.14. The molecule has 8 atom stereocenters. The number of hydrogen-bond acceptors (Lipinski definition) is 6. The highest BCUT2D eigenvalue weighted by molar-refractivity contribution is 6.03. The third-order valence-electron chi connectivity index (χ3n) is 10.2. The average Bonchev–Trinajstić information content (AvgIpc) is 3.33. The van der Waals surface area contributed by atoms with Crippen molar-refractivity contribution in [1.29, 1.82) is 0 Å². The molecule has 4 fully saturated rings. The van der Waals surface area contributed by atoms with Crippen LogP contribution in [0, 0.1) is 22.7 Å². The minimum absolute atomic E-state index is 0.0107. The van der Waals surface area contributed by atoms with Crippen LogP contribution >= 0.6 is 0 Å². The molecule has 7 rings (SSSR count). The largest absolute Gasteiger partial charge is 0.471 e. The van der Waals surface area contributed by atoms with E-state index in [2.05, 4.69) is 19.9 Å². The van der Waals surface area contributed by atoms with Gasteiger partial charge in [0.15, 0.2) is 17.1 Å². The van der Waals surface area contributed by atoms with Crippen LogP contribution in [-0.4, -0.2) is 52.5 Å². The molecule has 2 aliphatic heterocycles. The van der Waals surface area contributed by atoms with Crippen molar-refractivity contribution in [1.82, 2.24) is 0 Å². The van der Waals surface area contributed by atoms with Gasteiger partial charge in [-0.15, -0.1) is 0 Å². The SMILES string of the molecule is CC12C=CC(=O)C=C1CCC1C3CC4OC(c5ccccc5)=NC4(C(=O)CO)C3(C)CC3OC312. The maximum atomic E-state index is 13.5. The molecular formula is C28H29NO5. The first kappa shape index (κ1) is 20.8. The summed E-state index contributed by atoms with van der Waals surface area (Å²) in [5.74, 6) is 0.711. The summed E-state index contributed by atoms with van der Waals surface area (Å²) < 4.78 is 13.1. The molecule has 0 radical (unpaired) electrons. The van der Waals surface area contributed by atoms with E-state index in [0.717, 1.165) is 18.4 Å². The summed E-state index contributed by atoms with van der Waals surface area (Å²) in [5.41, 5.74) is -0.206. The topological polar surface area (TPSA) is 88.5 Å². The second-order valence-corrected chi connectivity index (χ2v) is 11.4. The Morgan fingerprint density at radius 2 is 1.97 bits per heavy atom. The number of benzene rings is 1. The van der Waals surface area contributed by atoms with Gasteiger partial charge in [0.1, 0.15) is 18.3 Å². The summed E-state index contributed by atoms with van der Waals surface area (Å²) in [5, 5.41) is 10.1. The average molecular weight is 460 g/mol. The van der Waals surface area contributed by atoms with Crippen molar-refractivity contribution in [2.24, 2.45) is 27.7 Å². The second kappa shape index (κ2) is 6.35. The summed E-state index contributed by atoms with van der Waals surface area (Å²) >= 11 is 0. The van der Waals surface area contributed by atoms with E-state index < -0.39 is 17.6 Å². The fourth-order valence-electron chi connectivity index (χ4n) is 8.69. The van der Waals surface area contributed by atoms with Crippen LogP contribution in [0.2, 0.25) is 0 Å². The number of rotatable bonds is 3. The molecule has 8 unspecified atom stereocenters. The minimum Gasteiger partial charge on any atom is -0.471 e. The lowest BCUT2D eigenvalue weighted by atomic mass is 9.46. The van der Waals surface area contributed by atoms with Crippen molar-refractivity contribution in [3.63, 3.8) is 0 Å². The maximum absolute atomic E-state index is 13.5. The normalized spacial score (nSPS) is 47.3. The molecule has 1 spiro atoms. The Balaban J connectivity index is 1.34. The summed E-state index contributed by atoms with van der Waals surface area (Å²) in [7, 11) is 0. The number of nitrogens with zero attached hydrogens (tertiary/aromatic N) is 1. The first-order valence-electron chi connectivity index (χ1n) is 12.4. The Morgan fingerprint density at radius 3 is 2.74 bits per heavy atom. The zero-order valence-electron chi connectivity index (χ0n) is 19.5. The molecule has 6 aliphatic rings. The van der Waals surface area contributed by atoms with Crippen molar-refractivity contribution in [2.75, 3.05) is 6.61 Å². The molecular weight excluding hydrogens is 430 g/mol. The summed E-state index contributed by atoms with van der Waals surface area (Å²) in [6.45, 7) is 3.83. The number of aliphatic hydroxyl groups excluding tert-OH is 1. The van der Waals surface area contributed by atoms with E-state index in [4.69, 9.17) is 14.5 Å². The first-order valence-corrected chi connectivity index (χ1v) is 12.4. The number of ether oxygens (including phenoxy) is 2. The molecule has 0 bridgehead atoms. The van der Waals surface area contributed by atoms with Gasteiger partial charge in [-0.3, -0.25) is 9.59 Å². The zero-order valence-corrected chi connectivity index (χ0v) is 19.5. The Morgan fingerprint density at radius 1 is 1.18 bits per heavy atom. The number of carbonyl (C=O) groups excluding carboxylic acids is 2. The van der Waals surface area contributed by atoms with Gasteiger partial charge in [0.05, 0.1) is 6.10 Å². The molecule has 1 saturated heterocycles. The van der Waals surface area contributed by atoms with Gasteiger partial charge in [0, 0.05) is 16.4 Å². The van der Waals surface area contributed by atoms with Gasteiger partial charge in [0.2, 0.25) is 5.90 Å². The molecule has 6 nitrogen and oxygen atoms in total. The lowest BCUT2D eigenvalue weighted by Gasteiger charge is -2.55. The predicted octanol–water partition coefficient (Wildman–Crippen LogP) is 3.18. The van der Waals surface area contributed by atoms with E-state index in [0.29, 0.717) is 18.7 Å². The van der Waals surface area contributed by atoms with Crippen LogP contribution in [0.15, 0.2) is 59.1 Å². The first-order chi connectivity index (χ1) is 16.3. The number of carbonyl (C=O) groups is 2. The van der Waals surface area contributed by atoms with Crippen molar-refractivity contribution in [3.8, 4) is 0 Å². The summed E-state index contributed by atoms with van der Waals surface area (Å²) in [4.78, 5) is 30.7. The van der Waals surface area contributed by atoms with Gasteiger partial charge in [-0.2, -0.15) is 0 Å². The van der Waals surface area contributed by atoms with Crippen molar-refractivity contribution >= 4 is 17.5 Å². The minimum atomic E-state index is -1.11. The van der Waals surface area contributed by atoms with Gasteiger partial charge < -0.3 is 14.6 Å². The Labute approximate surface area is 198 Å². The highest BCUT2D eigenvalue weighted by Gasteiger charge is 2.83. The predicted molar refractivity (Wildman–Crippen MR) is 124 cm³/mol. The Hall–Kier alpha value is -2.57. The molecule has 0 aromatic heterocycles. The van der Waals surface area contributed by atoms with E-state index in [1.165, 1.54) is 5.57 Å². The number of epoxide rings is 1. The highest BCUT2D eigenvalue weighted by atomic mass is 16.6. The number of fused-ring (bicyclic) bond motifs is 5. The van der Waals surface area contributed by atoms with E-state index in [1.54, 1.807) is 12.2 Å². The molecule has 34 heavy (non-hydrogen) atoms. The molecule has 1 N–H and O–H groups in total. The van der Waals surface area contributed by atoms with Crippen LogP contribution in [0.25, 0.3) is 0 Å². The van der Waals surface area contributed by atoms with Crippen LogP contribution < -0.4 is 0 Å². The monoisotopic (exact) mass is 459 g/mol. The quantitative estimate of drug-likeness (QED) is 0.702. The molecule has 0 amide bonds. The van der Waals surface area contributed by atoms with Crippen LogP contribution in [0.3, 0.4) is 0 Å². The van der Waals surface area contributed by atoms with Crippen molar-refractivity contribution < 1.29 is 24.2 Å². The van der Waals surface area contributed by atoms with Gasteiger partial charge in [0.25, 0.3) is 0 Å². The summed E-state index contributed by atoms with van der Waals surface area (Å²) in [6.07, 6.45) is 8.33. The van der Waals surface area contributed by atoms with Crippen LogP contribution in [0.4, 0.5) is 0 Å². The van der Waals surface area contributed by atoms with Crippen LogP contribution in [0.5, 0.6) is 0 Å². The van der Waals surface area contributed by atoms with E-state index in [9.17, 15) is 14.7 Å². The van der Waals surface area contributed by atoms with Crippen LogP contribution in [-0.2, 0) is 19.1 Å². The van der Waals surface area contributed by atoms with Gasteiger partial charge in [-0.25, -0.2) is 4.99 Å². The summed E-state index contributed by atoms with van der Waals surface area (Å²) in [6, 6.07) is 9.70. The zero-order chi connectivity index (χ0) is 23.5.